The maximum atomic E-state index is 11.0. The molecule has 3 heteroatoms. The summed E-state index contributed by atoms with van der Waals surface area (Å²) in [5.41, 5.74) is 1.89. The highest BCUT2D eigenvalue weighted by molar-refractivity contribution is 5.78. The van der Waals surface area contributed by atoms with Gasteiger partial charge in [-0.05, 0) is 36.6 Å². The number of carbonyl (C=O) groups is 1. The summed E-state index contributed by atoms with van der Waals surface area (Å²) in [5.74, 6) is 1.21. The minimum absolute atomic E-state index is 0.469. The third kappa shape index (κ3) is 2.02. The number of hydrogen-bond donors (Lipinski definition) is 1. The van der Waals surface area contributed by atoms with Gasteiger partial charge in [0.2, 0.25) is 0 Å². The van der Waals surface area contributed by atoms with E-state index in [-0.39, 0.29) is 0 Å². The van der Waals surface area contributed by atoms with E-state index in [1.807, 2.05) is 12.1 Å². The number of nitrogens with one attached hydrogen (secondary N) is 1. The molecule has 0 aromatic heterocycles. The van der Waals surface area contributed by atoms with Crippen LogP contribution >= 0.6 is 0 Å². The van der Waals surface area contributed by atoms with Crippen LogP contribution in [0, 0.1) is 0 Å². The van der Waals surface area contributed by atoms with Gasteiger partial charge in [-0.25, -0.2) is 0 Å². The highest BCUT2D eigenvalue weighted by Crippen LogP contribution is 2.27. The number of ether oxygens (including phenoxy) is 1. The Labute approximate surface area is 89.4 Å². The molecule has 3 nitrogen and oxygen atoms in total. The molecular weight excluding hydrogens is 190 g/mol. The SMILES string of the molecule is COc1ccc(C2CCNC2)c(C=O)c1. The highest BCUT2D eigenvalue weighted by Gasteiger charge is 2.19. The molecule has 0 aliphatic carbocycles. The van der Waals surface area contributed by atoms with Crippen molar-refractivity contribution in [1.29, 1.82) is 0 Å². The lowest BCUT2D eigenvalue weighted by atomic mass is 9.94. The van der Waals surface area contributed by atoms with E-state index in [0.717, 1.165) is 42.7 Å². The first-order valence-electron chi connectivity index (χ1n) is 5.19. The van der Waals surface area contributed by atoms with Crippen LogP contribution in [0.15, 0.2) is 18.2 Å². The zero-order valence-electron chi connectivity index (χ0n) is 8.82. The van der Waals surface area contributed by atoms with Crippen molar-refractivity contribution in [2.75, 3.05) is 20.2 Å². The molecule has 1 aliphatic rings. The molecule has 1 fully saturated rings. The third-order valence-electron chi connectivity index (χ3n) is 2.92. The summed E-state index contributed by atoms with van der Waals surface area (Å²) >= 11 is 0. The molecule has 1 aromatic carbocycles. The summed E-state index contributed by atoms with van der Waals surface area (Å²) in [6.45, 7) is 2.00. The van der Waals surface area contributed by atoms with Crippen molar-refractivity contribution in [3.63, 3.8) is 0 Å². The van der Waals surface area contributed by atoms with Crippen LogP contribution in [0.4, 0.5) is 0 Å². The predicted octanol–water partition coefficient (Wildman–Crippen LogP) is 1.58. The van der Waals surface area contributed by atoms with E-state index < -0.39 is 0 Å². The van der Waals surface area contributed by atoms with E-state index in [2.05, 4.69) is 5.32 Å². The fraction of sp³-hybridized carbons (Fsp3) is 0.417. The molecule has 1 aromatic rings. The second-order valence-electron chi connectivity index (χ2n) is 3.80. The standard InChI is InChI=1S/C12H15NO2/c1-15-11-2-3-12(10(6-11)8-14)9-4-5-13-7-9/h2-3,6,8-9,13H,4-5,7H2,1H3. The molecule has 80 valence electrons. The highest BCUT2D eigenvalue weighted by atomic mass is 16.5. The number of methoxy groups -OCH3 is 1. The molecule has 0 bridgehead atoms. The molecule has 1 N–H and O–H groups in total. The molecule has 1 heterocycles. The zero-order valence-corrected chi connectivity index (χ0v) is 8.82. The molecule has 1 atom stereocenters. The van der Waals surface area contributed by atoms with Gasteiger partial charge in [0, 0.05) is 12.1 Å². The van der Waals surface area contributed by atoms with Crippen molar-refractivity contribution in [2.45, 2.75) is 12.3 Å². The lowest BCUT2D eigenvalue weighted by molar-refractivity contribution is 0.112. The van der Waals surface area contributed by atoms with Crippen LogP contribution in [0.5, 0.6) is 5.75 Å². The van der Waals surface area contributed by atoms with Crippen molar-refractivity contribution in [3.8, 4) is 5.75 Å². The van der Waals surface area contributed by atoms with Gasteiger partial charge in [0.25, 0.3) is 0 Å². The Morgan fingerprint density at radius 1 is 1.53 bits per heavy atom. The molecule has 15 heavy (non-hydrogen) atoms. The topological polar surface area (TPSA) is 38.3 Å². The molecule has 0 spiro atoms. The molecule has 0 radical (unpaired) electrons. The van der Waals surface area contributed by atoms with Crippen LogP contribution in [-0.2, 0) is 0 Å². The van der Waals surface area contributed by atoms with Gasteiger partial charge in [0.05, 0.1) is 7.11 Å². The van der Waals surface area contributed by atoms with Crippen LogP contribution in [-0.4, -0.2) is 26.5 Å². The lowest BCUT2D eigenvalue weighted by Gasteiger charge is -2.12. The first-order valence-corrected chi connectivity index (χ1v) is 5.19. The number of aldehydes is 1. The number of hydrogen-bond acceptors (Lipinski definition) is 3. The average molecular weight is 205 g/mol. The Kier molecular flexibility index (Phi) is 3.02. The van der Waals surface area contributed by atoms with Crippen LogP contribution in [0.3, 0.4) is 0 Å². The van der Waals surface area contributed by atoms with E-state index in [1.54, 1.807) is 13.2 Å². The van der Waals surface area contributed by atoms with Gasteiger partial charge in [0.1, 0.15) is 12.0 Å². The average Bonchev–Trinajstić information content (AvgIpc) is 2.81. The van der Waals surface area contributed by atoms with E-state index >= 15 is 0 Å². The molecule has 0 amide bonds. The normalized spacial score (nSPS) is 20.2. The van der Waals surface area contributed by atoms with Crippen molar-refractivity contribution in [2.24, 2.45) is 0 Å². The fourth-order valence-electron chi connectivity index (χ4n) is 2.07. The Bertz CT molecular complexity index is 357. The van der Waals surface area contributed by atoms with Gasteiger partial charge >= 0.3 is 0 Å². The van der Waals surface area contributed by atoms with Crippen molar-refractivity contribution < 1.29 is 9.53 Å². The zero-order chi connectivity index (χ0) is 10.7. The first-order chi connectivity index (χ1) is 7.35. The number of rotatable bonds is 3. The third-order valence-corrected chi connectivity index (χ3v) is 2.92. The molecule has 1 aliphatic heterocycles. The molecule has 2 rings (SSSR count). The minimum Gasteiger partial charge on any atom is -0.497 e. The van der Waals surface area contributed by atoms with Gasteiger partial charge in [-0.1, -0.05) is 6.07 Å². The van der Waals surface area contributed by atoms with Crippen LogP contribution in [0.25, 0.3) is 0 Å². The van der Waals surface area contributed by atoms with Gasteiger partial charge < -0.3 is 10.1 Å². The first kappa shape index (κ1) is 10.2. The van der Waals surface area contributed by atoms with Crippen LogP contribution in [0.2, 0.25) is 0 Å². The van der Waals surface area contributed by atoms with Crippen molar-refractivity contribution in [1.82, 2.24) is 5.32 Å². The Hall–Kier alpha value is -1.35. The van der Waals surface area contributed by atoms with Gasteiger partial charge in [-0.15, -0.1) is 0 Å². The second kappa shape index (κ2) is 4.45. The minimum atomic E-state index is 0.469. The Morgan fingerprint density at radius 2 is 2.40 bits per heavy atom. The number of benzene rings is 1. The van der Waals surface area contributed by atoms with E-state index in [0.29, 0.717) is 5.92 Å². The van der Waals surface area contributed by atoms with Crippen molar-refractivity contribution >= 4 is 6.29 Å². The lowest BCUT2D eigenvalue weighted by Crippen LogP contribution is -2.09. The number of carbonyl (C=O) groups excluding carboxylic acids is 1. The predicted molar refractivity (Wildman–Crippen MR) is 58.6 cm³/mol. The molecular formula is C12H15NO2. The maximum absolute atomic E-state index is 11.0. The summed E-state index contributed by atoms with van der Waals surface area (Å²) in [6, 6.07) is 5.72. The monoisotopic (exact) mass is 205 g/mol. The summed E-state index contributed by atoms with van der Waals surface area (Å²) in [5, 5.41) is 3.30. The second-order valence-corrected chi connectivity index (χ2v) is 3.80. The van der Waals surface area contributed by atoms with Gasteiger partial charge in [-0.2, -0.15) is 0 Å². The molecule has 0 saturated carbocycles. The Morgan fingerprint density at radius 3 is 3.00 bits per heavy atom. The molecule has 1 saturated heterocycles. The molecule has 1 unspecified atom stereocenters. The summed E-state index contributed by atoms with van der Waals surface area (Å²) in [6.07, 6.45) is 2.02. The Balaban J connectivity index is 2.33. The van der Waals surface area contributed by atoms with Gasteiger partial charge in [-0.3, -0.25) is 4.79 Å². The smallest absolute Gasteiger partial charge is 0.150 e. The fourth-order valence-corrected chi connectivity index (χ4v) is 2.07. The maximum Gasteiger partial charge on any atom is 0.150 e. The van der Waals surface area contributed by atoms with E-state index in [4.69, 9.17) is 4.74 Å². The van der Waals surface area contributed by atoms with Gasteiger partial charge in [0.15, 0.2) is 0 Å². The van der Waals surface area contributed by atoms with E-state index in [9.17, 15) is 4.79 Å². The van der Waals surface area contributed by atoms with Crippen LogP contribution in [0.1, 0.15) is 28.3 Å². The largest absolute Gasteiger partial charge is 0.497 e. The van der Waals surface area contributed by atoms with Crippen LogP contribution < -0.4 is 10.1 Å². The van der Waals surface area contributed by atoms with E-state index in [1.165, 1.54) is 0 Å². The quantitative estimate of drug-likeness (QED) is 0.761. The summed E-state index contributed by atoms with van der Waals surface area (Å²) < 4.78 is 5.10. The van der Waals surface area contributed by atoms with Crippen molar-refractivity contribution in [3.05, 3.63) is 29.3 Å². The summed E-state index contributed by atoms with van der Waals surface area (Å²) in [7, 11) is 1.61. The summed E-state index contributed by atoms with van der Waals surface area (Å²) in [4.78, 5) is 11.0.